The van der Waals surface area contributed by atoms with Gasteiger partial charge in [-0.05, 0) is 49.5 Å². The topological polar surface area (TPSA) is 109 Å². The number of hydrogen-bond acceptors (Lipinski definition) is 7. The van der Waals surface area contributed by atoms with Crippen molar-refractivity contribution in [3.63, 3.8) is 0 Å². The minimum absolute atomic E-state index is 0.137. The van der Waals surface area contributed by atoms with E-state index in [4.69, 9.17) is 4.42 Å². The summed E-state index contributed by atoms with van der Waals surface area (Å²) in [5, 5.41) is 12.9. The highest BCUT2D eigenvalue weighted by molar-refractivity contribution is 7.13. The van der Waals surface area contributed by atoms with Crippen LogP contribution >= 0.6 is 11.3 Å². The average Bonchev–Trinajstić information content (AvgIpc) is 3.52. The molecule has 0 radical (unpaired) electrons. The number of thiophene rings is 1. The number of nitrogens with zero attached hydrogens (tertiary/aromatic N) is 4. The highest BCUT2D eigenvalue weighted by Crippen LogP contribution is 2.37. The van der Waals surface area contributed by atoms with Crippen LogP contribution < -0.4 is 5.32 Å². The Morgan fingerprint density at radius 2 is 2.09 bits per heavy atom. The molecule has 1 saturated carbocycles. The van der Waals surface area contributed by atoms with Crippen molar-refractivity contribution < 1.29 is 18.8 Å². The SMILES string of the molecule is CCCN(Cc1nnc(-c2cccs2)o1)C(=O)CN1C(=O)NC2(CCC(CC)CC2)C1=O. The van der Waals surface area contributed by atoms with E-state index in [9.17, 15) is 14.4 Å². The first-order valence-electron chi connectivity index (χ1n) is 11.2. The molecule has 2 aromatic heterocycles. The summed E-state index contributed by atoms with van der Waals surface area (Å²) in [5.41, 5.74) is -0.847. The van der Waals surface area contributed by atoms with Crippen LogP contribution in [0.5, 0.6) is 0 Å². The summed E-state index contributed by atoms with van der Waals surface area (Å²) in [7, 11) is 0. The summed E-state index contributed by atoms with van der Waals surface area (Å²) in [4.78, 5) is 42.3. The van der Waals surface area contributed by atoms with Crippen LogP contribution in [-0.4, -0.2) is 56.5 Å². The standard InChI is InChI=1S/C22H29N5O4S/c1-3-11-26(13-17-24-25-19(31-17)16-6-5-12-32-16)18(28)14-27-20(29)22(23-21(27)30)9-7-15(4-2)8-10-22/h5-6,12,15H,3-4,7-11,13-14H2,1-2H3,(H,23,30). The van der Waals surface area contributed by atoms with Gasteiger partial charge >= 0.3 is 6.03 Å². The van der Waals surface area contributed by atoms with Crippen LogP contribution in [0.4, 0.5) is 4.79 Å². The van der Waals surface area contributed by atoms with Gasteiger partial charge in [-0.2, -0.15) is 0 Å². The van der Waals surface area contributed by atoms with Gasteiger partial charge in [-0.1, -0.05) is 26.3 Å². The Labute approximate surface area is 191 Å². The van der Waals surface area contributed by atoms with Crippen LogP contribution in [0.2, 0.25) is 0 Å². The fourth-order valence-electron chi connectivity index (χ4n) is 4.52. The predicted octanol–water partition coefficient (Wildman–Crippen LogP) is 3.43. The molecular weight excluding hydrogens is 430 g/mol. The summed E-state index contributed by atoms with van der Waals surface area (Å²) >= 11 is 1.49. The second kappa shape index (κ2) is 9.40. The zero-order valence-electron chi connectivity index (χ0n) is 18.5. The molecule has 0 unspecified atom stereocenters. The zero-order chi connectivity index (χ0) is 22.7. The van der Waals surface area contributed by atoms with E-state index in [1.165, 1.54) is 11.3 Å². The van der Waals surface area contributed by atoms with Gasteiger partial charge in [-0.25, -0.2) is 4.79 Å². The summed E-state index contributed by atoms with van der Waals surface area (Å²) < 4.78 is 5.71. The highest BCUT2D eigenvalue weighted by atomic mass is 32.1. The first-order valence-corrected chi connectivity index (χ1v) is 12.1. The lowest BCUT2D eigenvalue weighted by Gasteiger charge is -2.34. The van der Waals surface area contributed by atoms with Gasteiger partial charge in [0.05, 0.1) is 11.4 Å². The van der Waals surface area contributed by atoms with E-state index in [0.29, 0.717) is 37.1 Å². The molecule has 2 aromatic rings. The lowest BCUT2D eigenvalue weighted by atomic mass is 9.75. The van der Waals surface area contributed by atoms with Crippen molar-refractivity contribution in [1.82, 2.24) is 25.3 Å². The summed E-state index contributed by atoms with van der Waals surface area (Å²) in [6.45, 7) is 4.42. The molecule has 1 saturated heterocycles. The van der Waals surface area contributed by atoms with Crippen molar-refractivity contribution >= 4 is 29.2 Å². The predicted molar refractivity (Wildman–Crippen MR) is 119 cm³/mol. The Morgan fingerprint density at radius 3 is 2.75 bits per heavy atom. The maximum atomic E-state index is 13.1. The number of nitrogens with one attached hydrogen (secondary N) is 1. The molecule has 32 heavy (non-hydrogen) atoms. The molecule has 0 bridgehead atoms. The van der Waals surface area contributed by atoms with Gasteiger partial charge in [-0.3, -0.25) is 14.5 Å². The van der Waals surface area contributed by atoms with Gasteiger partial charge in [0.2, 0.25) is 11.8 Å². The Hall–Kier alpha value is -2.75. The Kier molecular flexibility index (Phi) is 6.59. The number of rotatable bonds is 8. The van der Waals surface area contributed by atoms with Crippen molar-refractivity contribution in [2.24, 2.45) is 5.92 Å². The largest absolute Gasteiger partial charge is 0.418 e. The number of carbonyl (C=O) groups is 3. The number of amides is 4. The first-order chi connectivity index (χ1) is 15.5. The van der Waals surface area contributed by atoms with Crippen molar-refractivity contribution in [2.75, 3.05) is 13.1 Å². The van der Waals surface area contributed by atoms with E-state index in [2.05, 4.69) is 22.4 Å². The lowest BCUT2D eigenvalue weighted by Crippen LogP contribution is -2.50. The summed E-state index contributed by atoms with van der Waals surface area (Å²) in [6.07, 6.45) is 4.89. The lowest BCUT2D eigenvalue weighted by molar-refractivity contribution is -0.140. The second-order valence-corrected chi connectivity index (χ2v) is 9.50. The number of aromatic nitrogens is 2. The van der Waals surface area contributed by atoms with Crippen LogP contribution in [-0.2, 0) is 16.1 Å². The molecule has 2 fully saturated rings. The van der Waals surface area contributed by atoms with Crippen molar-refractivity contribution in [2.45, 2.75) is 64.5 Å². The second-order valence-electron chi connectivity index (χ2n) is 8.55. The molecule has 172 valence electrons. The van der Waals surface area contributed by atoms with Gasteiger partial charge in [0.25, 0.3) is 11.8 Å². The van der Waals surface area contributed by atoms with Crippen molar-refractivity contribution in [1.29, 1.82) is 0 Å². The van der Waals surface area contributed by atoms with E-state index < -0.39 is 11.6 Å². The van der Waals surface area contributed by atoms with Crippen molar-refractivity contribution in [3.8, 4) is 10.8 Å². The fourth-order valence-corrected chi connectivity index (χ4v) is 5.16. The summed E-state index contributed by atoms with van der Waals surface area (Å²) in [5.74, 6) is 0.735. The van der Waals surface area contributed by atoms with E-state index in [0.717, 1.165) is 35.5 Å². The molecule has 1 spiro atoms. The molecular formula is C22H29N5O4S. The van der Waals surface area contributed by atoms with E-state index in [1.54, 1.807) is 4.90 Å². The average molecular weight is 460 g/mol. The minimum Gasteiger partial charge on any atom is -0.418 e. The van der Waals surface area contributed by atoms with E-state index in [-0.39, 0.29) is 24.9 Å². The monoisotopic (exact) mass is 459 g/mol. The van der Waals surface area contributed by atoms with Crippen LogP contribution in [0, 0.1) is 5.92 Å². The molecule has 9 nitrogen and oxygen atoms in total. The third-order valence-electron chi connectivity index (χ3n) is 6.45. The number of imide groups is 1. The van der Waals surface area contributed by atoms with Gasteiger partial charge in [-0.15, -0.1) is 21.5 Å². The minimum atomic E-state index is -0.847. The molecule has 1 aliphatic heterocycles. The molecule has 0 atom stereocenters. The molecule has 10 heteroatoms. The fraction of sp³-hybridized carbons (Fsp3) is 0.591. The maximum absolute atomic E-state index is 13.1. The van der Waals surface area contributed by atoms with E-state index >= 15 is 0 Å². The third-order valence-corrected chi connectivity index (χ3v) is 7.30. The first kappa shape index (κ1) is 22.4. The van der Waals surface area contributed by atoms with Crippen LogP contribution in [0.1, 0.15) is 58.3 Å². The van der Waals surface area contributed by atoms with E-state index in [1.807, 2.05) is 24.4 Å². The molecule has 2 aliphatic rings. The van der Waals surface area contributed by atoms with Crippen LogP contribution in [0.15, 0.2) is 21.9 Å². The molecule has 4 amide bonds. The molecule has 4 rings (SSSR count). The Morgan fingerprint density at radius 1 is 1.31 bits per heavy atom. The number of carbonyl (C=O) groups excluding carboxylic acids is 3. The van der Waals surface area contributed by atoms with Gasteiger partial charge in [0.1, 0.15) is 12.1 Å². The molecule has 3 heterocycles. The maximum Gasteiger partial charge on any atom is 0.325 e. The van der Waals surface area contributed by atoms with Crippen LogP contribution in [0.25, 0.3) is 10.8 Å². The molecule has 1 N–H and O–H groups in total. The van der Waals surface area contributed by atoms with Crippen molar-refractivity contribution in [3.05, 3.63) is 23.4 Å². The van der Waals surface area contributed by atoms with Gasteiger partial charge in [0, 0.05) is 6.54 Å². The smallest absolute Gasteiger partial charge is 0.325 e. The highest BCUT2D eigenvalue weighted by Gasteiger charge is 2.52. The third kappa shape index (κ3) is 4.41. The molecule has 0 aromatic carbocycles. The molecule has 1 aliphatic carbocycles. The van der Waals surface area contributed by atoms with Gasteiger partial charge < -0.3 is 14.6 Å². The van der Waals surface area contributed by atoms with Gasteiger partial charge in [0.15, 0.2) is 0 Å². The zero-order valence-corrected chi connectivity index (χ0v) is 19.3. The van der Waals surface area contributed by atoms with Crippen LogP contribution in [0.3, 0.4) is 0 Å². The Bertz CT molecular complexity index is 965. The normalized spacial score (nSPS) is 23.1. The summed E-state index contributed by atoms with van der Waals surface area (Å²) in [6, 6.07) is 3.31. The quantitative estimate of drug-likeness (QED) is 0.606. The Balaban J connectivity index is 1.41. The number of urea groups is 1. The number of hydrogen-bond donors (Lipinski definition) is 1.